The molecule has 0 spiro atoms. The van der Waals surface area contributed by atoms with Crippen molar-refractivity contribution in [2.75, 3.05) is 11.9 Å². The maximum absolute atomic E-state index is 12.6. The number of hydrogen-bond donors (Lipinski definition) is 2. The highest BCUT2D eigenvalue weighted by Gasteiger charge is 2.12. The maximum Gasteiger partial charge on any atom is 0.343 e. The molecule has 3 aromatic carbocycles. The van der Waals surface area contributed by atoms with Crippen LogP contribution in [0.15, 0.2) is 76.3 Å². The van der Waals surface area contributed by atoms with E-state index in [1.54, 1.807) is 54.6 Å². The summed E-state index contributed by atoms with van der Waals surface area (Å²) in [4.78, 5) is 12.6. The van der Waals surface area contributed by atoms with Gasteiger partial charge in [0.25, 0.3) is 0 Å². The third kappa shape index (κ3) is 7.85. The van der Waals surface area contributed by atoms with Crippen LogP contribution in [-0.2, 0) is 0 Å². The third-order valence-electron chi connectivity index (χ3n) is 4.19. The van der Waals surface area contributed by atoms with Crippen LogP contribution in [-0.4, -0.2) is 23.9 Å². The lowest BCUT2D eigenvalue weighted by molar-refractivity contribution is 0.0734. The molecule has 0 saturated heterocycles. The molecule has 9 heteroatoms. The predicted octanol–water partition coefficient (Wildman–Crippen LogP) is 6.43. The number of esters is 1. The summed E-state index contributed by atoms with van der Waals surface area (Å²) in [5, 5.41) is 8.00. The normalized spacial score (nSPS) is 10.6. The third-order valence-corrected chi connectivity index (χ3v) is 5.11. The standard InChI is InChI=1S/C24H21BrClN3O3S/c1-2-12-31-21-9-6-16(7-10-21)23(30)32-22-11-8-18(25)13-17(22)15-27-29-24(33)28-20-5-3-4-19(26)14-20/h3-11,13-15H,2,12H2,1H3,(H2,28,29,33). The second-order valence-electron chi connectivity index (χ2n) is 6.78. The number of rotatable bonds is 8. The molecule has 0 aliphatic heterocycles. The fourth-order valence-electron chi connectivity index (χ4n) is 2.66. The number of benzene rings is 3. The van der Waals surface area contributed by atoms with Gasteiger partial charge in [-0.1, -0.05) is 40.5 Å². The van der Waals surface area contributed by atoms with Crippen molar-refractivity contribution < 1.29 is 14.3 Å². The van der Waals surface area contributed by atoms with Gasteiger partial charge in [-0.3, -0.25) is 5.43 Å². The largest absolute Gasteiger partial charge is 0.494 e. The Balaban J connectivity index is 1.64. The Bertz CT molecular complexity index is 1160. The van der Waals surface area contributed by atoms with Crippen LogP contribution in [0.25, 0.3) is 0 Å². The number of nitrogens with one attached hydrogen (secondary N) is 2. The average molecular weight is 547 g/mol. The Morgan fingerprint density at radius 1 is 1.15 bits per heavy atom. The van der Waals surface area contributed by atoms with Crippen LogP contribution in [0.4, 0.5) is 5.69 Å². The number of anilines is 1. The zero-order chi connectivity index (χ0) is 23.6. The Morgan fingerprint density at radius 2 is 1.94 bits per heavy atom. The quantitative estimate of drug-likeness (QED) is 0.112. The number of thiocarbonyl (C=S) groups is 1. The summed E-state index contributed by atoms with van der Waals surface area (Å²) in [7, 11) is 0. The first-order valence-corrected chi connectivity index (χ1v) is 11.6. The van der Waals surface area contributed by atoms with E-state index in [1.165, 1.54) is 6.21 Å². The molecule has 0 radical (unpaired) electrons. The van der Waals surface area contributed by atoms with Crippen molar-refractivity contribution in [2.45, 2.75) is 13.3 Å². The van der Waals surface area contributed by atoms with E-state index >= 15 is 0 Å². The number of carbonyl (C=O) groups excluding carboxylic acids is 1. The minimum Gasteiger partial charge on any atom is -0.494 e. The molecule has 0 saturated carbocycles. The van der Waals surface area contributed by atoms with Gasteiger partial charge in [0.1, 0.15) is 11.5 Å². The Kier molecular flexibility index (Phi) is 9.24. The number of hydrazone groups is 1. The van der Waals surface area contributed by atoms with Gasteiger partial charge in [-0.15, -0.1) is 0 Å². The molecule has 0 bridgehead atoms. The van der Waals surface area contributed by atoms with E-state index in [9.17, 15) is 4.79 Å². The van der Waals surface area contributed by atoms with Crippen molar-refractivity contribution in [3.63, 3.8) is 0 Å². The van der Waals surface area contributed by atoms with Gasteiger partial charge < -0.3 is 14.8 Å². The summed E-state index contributed by atoms with van der Waals surface area (Å²) in [6.07, 6.45) is 2.43. The van der Waals surface area contributed by atoms with Gasteiger partial charge >= 0.3 is 5.97 Å². The lowest BCUT2D eigenvalue weighted by Gasteiger charge is -2.10. The van der Waals surface area contributed by atoms with Crippen molar-refractivity contribution in [3.05, 3.63) is 87.4 Å². The molecular formula is C24H21BrClN3O3S. The van der Waals surface area contributed by atoms with Crippen molar-refractivity contribution in [2.24, 2.45) is 5.10 Å². The summed E-state index contributed by atoms with van der Waals surface area (Å²) in [6.45, 7) is 2.65. The minimum absolute atomic E-state index is 0.285. The Labute approximate surface area is 211 Å². The van der Waals surface area contributed by atoms with E-state index in [1.807, 2.05) is 19.1 Å². The van der Waals surface area contributed by atoms with E-state index in [0.29, 0.717) is 34.3 Å². The van der Waals surface area contributed by atoms with Crippen molar-refractivity contribution in [1.82, 2.24) is 5.43 Å². The summed E-state index contributed by atoms with van der Waals surface area (Å²) in [5.74, 6) is 0.576. The number of carbonyl (C=O) groups is 1. The number of halogens is 2. The number of ether oxygens (including phenoxy) is 2. The van der Waals surface area contributed by atoms with Crippen LogP contribution in [0.2, 0.25) is 5.02 Å². The molecule has 0 amide bonds. The first-order chi connectivity index (χ1) is 15.9. The summed E-state index contributed by atoms with van der Waals surface area (Å²) >= 11 is 14.6. The molecule has 3 rings (SSSR count). The molecule has 0 atom stereocenters. The van der Waals surface area contributed by atoms with Crippen molar-refractivity contribution in [1.29, 1.82) is 0 Å². The molecule has 6 nitrogen and oxygen atoms in total. The molecule has 3 aromatic rings. The molecule has 33 heavy (non-hydrogen) atoms. The van der Waals surface area contributed by atoms with Gasteiger partial charge in [0.15, 0.2) is 5.11 Å². The van der Waals surface area contributed by atoms with Gasteiger partial charge in [0.05, 0.1) is 18.4 Å². The lowest BCUT2D eigenvalue weighted by Crippen LogP contribution is -2.23. The molecular weight excluding hydrogens is 526 g/mol. The molecule has 0 aliphatic rings. The van der Waals surface area contributed by atoms with Crippen LogP contribution in [0, 0.1) is 0 Å². The van der Waals surface area contributed by atoms with E-state index in [0.717, 1.165) is 16.6 Å². The fourth-order valence-corrected chi connectivity index (χ4v) is 3.40. The molecule has 0 fully saturated rings. The first-order valence-electron chi connectivity index (χ1n) is 10.0. The van der Waals surface area contributed by atoms with Crippen molar-refractivity contribution in [3.8, 4) is 11.5 Å². The van der Waals surface area contributed by atoms with Crippen LogP contribution in [0.3, 0.4) is 0 Å². The van der Waals surface area contributed by atoms with Gasteiger partial charge in [0.2, 0.25) is 0 Å². The molecule has 0 aromatic heterocycles. The summed E-state index contributed by atoms with van der Waals surface area (Å²) in [6, 6.07) is 19.2. The molecule has 0 heterocycles. The highest BCUT2D eigenvalue weighted by atomic mass is 79.9. The lowest BCUT2D eigenvalue weighted by atomic mass is 10.2. The van der Waals surface area contributed by atoms with E-state index in [2.05, 4.69) is 31.8 Å². The minimum atomic E-state index is -0.486. The van der Waals surface area contributed by atoms with E-state index in [-0.39, 0.29) is 5.11 Å². The van der Waals surface area contributed by atoms with E-state index < -0.39 is 5.97 Å². The second-order valence-corrected chi connectivity index (χ2v) is 8.54. The highest BCUT2D eigenvalue weighted by Crippen LogP contribution is 2.23. The van der Waals surface area contributed by atoms with Gasteiger partial charge in [-0.2, -0.15) is 5.10 Å². The number of hydrogen-bond acceptors (Lipinski definition) is 5. The molecule has 170 valence electrons. The fraction of sp³-hybridized carbons (Fsp3) is 0.125. The van der Waals surface area contributed by atoms with Crippen LogP contribution >= 0.6 is 39.7 Å². The topological polar surface area (TPSA) is 72.0 Å². The second kappa shape index (κ2) is 12.3. The monoisotopic (exact) mass is 545 g/mol. The SMILES string of the molecule is CCCOc1ccc(C(=O)Oc2ccc(Br)cc2C=NNC(=S)Nc2cccc(Cl)c2)cc1. The summed E-state index contributed by atoms with van der Waals surface area (Å²) < 4.78 is 11.9. The molecule has 0 unspecified atom stereocenters. The predicted molar refractivity (Wildman–Crippen MR) is 140 cm³/mol. The highest BCUT2D eigenvalue weighted by molar-refractivity contribution is 9.10. The van der Waals surface area contributed by atoms with Gasteiger partial charge in [-0.25, -0.2) is 4.79 Å². The Morgan fingerprint density at radius 3 is 2.67 bits per heavy atom. The summed E-state index contributed by atoms with van der Waals surface area (Å²) in [5.41, 5.74) is 4.46. The van der Waals surface area contributed by atoms with Crippen molar-refractivity contribution >= 4 is 62.7 Å². The van der Waals surface area contributed by atoms with Crippen LogP contribution in [0.1, 0.15) is 29.3 Å². The zero-order valence-electron chi connectivity index (χ0n) is 17.7. The number of nitrogens with zero attached hydrogens (tertiary/aromatic N) is 1. The Hall–Kier alpha value is -2.94. The average Bonchev–Trinajstić information content (AvgIpc) is 2.79. The molecule has 2 N–H and O–H groups in total. The zero-order valence-corrected chi connectivity index (χ0v) is 20.8. The van der Waals surface area contributed by atoms with E-state index in [4.69, 9.17) is 33.3 Å². The van der Waals surface area contributed by atoms with Crippen LogP contribution < -0.4 is 20.2 Å². The first kappa shape index (κ1) is 24.7. The van der Waals surface area contributed by atoms with Crippen LogP contribution in [0.5, 0.6) is 11.5 Å². The van der Waals surface area contributed by atoms with Gasteiger partial charge in [0, 0.05) is 20.7 Å². The smallest absolute Gasteiger partial charge is 0.343 e. The van der Waals surface area contributed by atoms with Gasteiger partial charge in [-0.05, 0) is 79.3 Å². The maximum atomic E-state index is 12.6. The molecule has 0 aliphatic carbocycles.